The molecule has 2 aromatic carbocycles. The number of carbonyl (C=O) groups excluding carboxylic acids is 2. The molecule has 1 aliphatic rings. The molecule has 148 valence electrons. The normalized spacial score (nSPS) is 16.4. The average Bonchev–Trinajstić information content (AvgIpc) is 3.06. The molecule has 0 fully saturated rings. The molecule has 2 aromatic rings. The lowest BCUT2D eigenvalue weighted by Gasteiger charge is -2.30. The van der Waals surface area contributed by atoms with Gasteiger partial charge in [-0.2, -0.15) is 0 Å². The van der Waals surface area contributed by atoms with E-state index >= 15 is 0 Å². The largest absolute Gasteiger partial charge is 0.394 e. The number of fused-ring (bicyclic) bond motifs is 1. The van der Waals surface area contributed by atoms with E-state index < -0.39 is 6.04 Å². The minimum Gasteiger partial charge on any atom is -0.394 e. The van der Waals surface area contributed by atoms with Crippen molar-refractivity contribution in [1.82, 2.24) is 10.2 Å². The first kappa shape index (κ1) is 20.1. The second-order valence-corrected chi connectivity index (χ2v) is 7.48. The number of nitrogens with one attached hydrogen (secondary N) is 1. The monoisotopic (exact) mass is 380 g/mol. The predicted molar refractivity (Wildman–Crippen MR) is 109 cm³/mol. The Hall–Kier alpha value is -2.66. The highest BCUT2D eigenvalue weighted by Gasteiger charge is 2.37. The number of aliphatic hydroxyl groups excluding tert-OH is 1. The molecule has 0 spiro atoms. The van der Waals surface area contributed by atoms with E-state index in [1.165, 1.54) is 0 Å². The summed E-state index contributed by atoms with van der Waals surface area (Å²) in [5.74, 6) is -0.182. The molecular weight excluding hydrogens is 352 g/mol. The minimum atomic E-state index is -0.625. The van der Waals surface area contributed by atoms with Gasteiger partial charge in [-0.05, 0) is 23.1 Å². The number of hydrogen-bond donors (Lipinski definition) is 2. The van der Waals surface area contributed by atoms with E-state index in [1.54, 1.807) is 4.90 Å². The van der Waals surface area contributed by atoms with Crippen molar-refractivity contribution in [3.05, 3.63) is 71.3 Å². The molecule has 1 heterocycles. The van der Waals surface area contributed by atoms with Crippen molar-refractivity contribution in [2.75, 3.05) is 6.61 Å². The Balaban J connectivity index is 1.85. The van der Waals surface area contributed by atoms with Gasteiger partial charge in [0.2, 0.25) is 5.91 Å². The van der Waals surface area contributed by atoms with Gasteiger partial charge in [0.25, 0.3) is 5.91 Å². The number of benzene rings is 2. The van der Waals surface area contributed by atoms with Crippen LogP contribution in [-0.4, -0.2) is 40.5 Å². The standard InChI is InChI=1S/C23H28N2O3/c1-3-16(2)20(15-26)24-22(27)21(13-17-9-5-4-6-10-17)25-14-18-11-7-8-12-19(18)23(25)28/h4-12,16,20-21,26H,3,13-15H2,1-2H3,(H,24,27)/t16-,20-,21?/m1/s1. The summed E-state index contributed by atoms with van der Waals surface area (Å²) in [4.78, 5) is 27.8. The van der Waals surface area contributed by atoms with Gasteiger partial charge in [-0.15, -0.1) is 0 Å². The fourth-order valence-corrected chi connectivity index (χ4v) is 3.64. The summed E-state index contributed by atoms with van der Waals surface area (Å²) in [7, 11) is 0. The van der Waals surface area contributed by atoms with Gasteiger partial charge in [0.15, 0.2) is 0 Å². The van der Waals surface area contributed by atoms with Crippen molar-refractivity contribution < 1.29 is 14.7 Å². The van der Waals surface area contributed by atoms with E-state index in [9.17, 15) is 14.7 Å². The Morgan fingerprint density at radius 1 is 1.14 bits per heavy atom. The van der Waals surface area contributed by atoms with Crippen LogP contribution in [-0.2, 0) is 17.8 Å². The van der Waals surface area contributed by atoms with E-state index in [0.29, 0.717) is 18.5 Å². The van der Waals surface area contributed by atoms with Crippen LogP contribution in [0.4, 0.5) is 0 Å². The highest BCUT2D eigenvalue weighted by molar-refractivity contribution is 6.01. The highest BCUT2D eigenvalue weighted by Crippen LogP contribution is 2.26. The fourth-order valence-electron chi connectivity index (χ4n) is 3.64. The Labute approximate surface area is 166 Å². The molecule has 3 rings (SSSR count). The van der Waals surface area contributed by atoms with Crippen molar-refractivity contribution in [1.29, 1.82) is 0 Å². The SMILES string of the molecule is CC[C@@H](C)[C@@H](CO)NC(=O)C(Cc1ccccc1)N1Cc2ccccc2C1=O. The van der Waals surface area contributed by atoms with Crippen LogP contribution in [0.1, 0.15) is 41.8 Å². The zero-order chi connectivity index (χ0) is 20.1. The molecule has 0 radical (unpaired) electrons. The van der Waals surface area contributed by atoms with Crippen molar-refractivity contribution in [3.63, 3.8) is 0 Å². The van der Waals surface area contributed by atoms with Crippen molar-refractivity contribution in [2.24, 2.45) is 5.92 Å². The molecule has 5 heteroatoms. The highest BCUT2D eigenvalue weighted by atomic mass is 16.3. The first-order valence-electron chi connectivity index (χ1n) is 9.89. The smallest absolute Gasteiger partial charge is 0.255 e. The van der Waals surface area contributed by atoms with Gasteiger partial charge in [0, 0.05) is 18.5 Å². The van der Waals surface area contributed by atoms with Gasteiger partial charge >= 0.3 is 0 Å². The molecule has 1 unspecified atom stereocenters. The van der Waals surface area contributed by atoms with E-state index in [2.05, 4.69) is 5.32 Å². The van der Waals surface area contributed by atoms with Crippen LogP contribution in [0.15, 0.2) is 54.6 Å². The van der Waals surface area contributed by atoms with E-state index in [4.69, 9.17) is 0 Å². The molecule has 2 N–H and O–H groups in total. The third-order valence-electron chi connectivity index (χ3n) is 5.66. The van der Waals surface area contributed by atoms with Crippen LogP contribution >= 0.6 is 0 Å². The lowest BCUT2D eigenvalue weighted by atomic mass is 9.98. The van der Waals surface area contributed by atoms with E-state index in [1.807, 2.05) is 68.4 Å². The lowest BCUT2D eigenvalue weighted by molar-refractivity contribution is -0.127. The second-order valence-electron chi connectivity index (χ2n) is 7.48. The Kier molecular flexibility index (Phi) is 6.47. The summed E-state index contributed by atoms with van der Waals surface area (Å²) in [6.45, 7) is 4.34. The van der Waals surface area contributed by atoms with Crippen molar-refractivity contribution in [3.8, 4) is 0 Å². The molecule has 1 aliphatic heterocycles. The van der Waals surface area contributed by atoms with Gasteiger partial charge in [-0.3, -0.25) is 9.59 Å². The Morgan fingerprint density at radius 3 is 2.46 bits per heavy atom. The number of carbonyl (C=O) groups is 2. The Morgan fingerprint density at radius 2 is 1.82 bits per heavy atom. The molecule has 0 bridgehead atoms. The quantitative estimate of drug-likeness (QED) is 0.740. The van der Waals surface area contributed by atoms with Crippen LogP contribution in [0, 0.1) is 5.92 Å². The molecular formula is C23H28N2O3. The third kappa shape index (κ3) is 4.25. The first-order valence-corrected chi connectivity index (χ1v) is 9.89. The lowest BCUT2D eigenvalue weighted by Crippen LogP contribution is -2.53. The van der Waals surface area contributed by atoms with Crippen LogP contribution in [0.5, 0.6) is 0 Å². The van der Waals surface area contributed by atoms with Gasteiger partial charge in [0.1, 0.15) is 6.04 Å². The van der Waals surface area contributed by atoms with Crippen LogP contribution in [0.2, 0.25) is 0 Å². The van der Waals surface area contributed by atoms with Gasteiger partial charge in [-0.1, -0.05) is 68.8 Å². The van der Waals surface area contributed by atoms with Gasteiger partial charge < -0.3 is 15.3 Å². The summed E-state index contributed by atoms with van der Waals surface area (Å²) < 4.78 is 0. The zero-order valence-corrected chi connectivity index (χ0v) is 16.5. The van der Waals surface area contributed by atoms with Crippen molar-refractivity contribution in [2.45, 2.75) is 45.3 Å². The van der Waals surface area contributed by atoms with Crippen LogP contribution < -0.4 is 5.32 Å². The molecule has 28 heavy (non-hydrogen) atoms. The molecule has 0 saturated carbocycles. The maximum absolute atomic E-state index is 13.2. The first-order chi connectivity index (χ1) is 13.5. The molecule has 0 aliphatic carbocycles. The van der Waals surface area contributed by atoms with Crippen LogP contribution in [0.3, 0.4) is 0 Å². The topological polar surface area (TPSA) is 69.6 Å². The fraction of sp³-hybridized carbons (Fsp3) is 0.391. The molecule has 0 saturated heterocycles. The summed E-state index contributed by atoms with van der Waals surface area (Å²) in [5, 5.41) is 12.7. The zero-order valence-electron chi connectivity index (χ0n) is 16.5. The van der Waals surface area contributed by atoms with Crippen molar-refractivity contribution >= 4 is 11.8 Å². The summed E-state index contributed by atoms with van der Waals surface area (Å²) in [6.07, 6.45) is 1.29. The summed E-state index contributed by atoms with van der Waals surface area (Å²) >= 11 is 0. The van der Waals surface area contributed by atoms with E-state index in [0.717, 1.165) is 17.5 Å². The number of aliphatic hydroxyl groups is 1. The number of amides is 2. The number of hydrogen-bond acceptors (Lipinski definition) is 3. The molecule has 2 amide bonds. The summed E-state index contributed by atoms with van der Waals surface area (Å²) in [6, 6.07) is 16.3. The predicted octanol–water partition coefficient (Wildman–Crippen LogP) is 2.78. The number of rotatable bonds is 8. The Bertz CT molecular complexity index is 822. The van der Waals surface area contributed by atoms with Crippen LogP contribution in [0.25, 0.3) is 0 Å². The van der Waals surface area contributed by atoms with E-state index in [-0.39, 0.29) is 30.4 Å². The maximum atomic E-state index is 13.2. The van der Waals surface area contributed by atoms with Gasteiger partial charge in [0.05, 0.1) is 12.6 Å². The molecule has 3 atom stereocenters. The third-order valence-corrected chi connectivity index (χ3v) is 5.66. The molecule has 5 nitrogen and oxygen atoms in total. The van der Waals surface area contributed by atoms with Gasteiger partial charge in [-0.25, -0.2) is 0 Å². The summed E-state index contributed by atoms with van der Waals surface area (Å²) in [5.41, 5.74) is 2.60. The average molecular weight is 380 g/mol. The molecule has 0 aromatic heterocycles. The minimum absolute atomic E-state index is 0.115. The second kappa shape index (κ2) is 9.02. The number of nitrogens with zero attached hydrogens (tertiary/aromatic N) is 1. The maximum Gasteiger partial charge on any atom is 0.255 e.